The van der Waals surface area contributed by atoms with Crippen molar-refractivity contribution in [1.82, 2.24) is 0 Å². The molecule has 1 amide bonds. The smallest absolute Gasteiger partial charge is 0.261 e. The molecule has 21 heavy (non-hydrogen) atoms. The minimum Gasteiger partial charge on any atom is -0.494 e. The van der Waals surface area contributed by atoms with Gasteiger partial charge in [-0.2, -0.15) is 0 Å². The maximum atomic E-state index is 13.9. The van der Waals surface area contributed by atoms with E-state index in [-0.39, 0.29) is 11.3 Å². The van der Waals surface area contributed by atoms with E-state index in [9.17, 15) is 13.6 Å². The normalized spacial score (nSPS) is 10.3. The Labute approximate surface area is 120 Å². The summed E-state index contributed by atoms with van der Waals surface area (Å²) in [5, 5.41) is 2.41. The van der Waals surface area contributed by atoms with E-state index in [2.05, 4.69) is 5.32 Å². The van der Waals surface area contributed by atoms with Gasteiger partial charge in [-0.05, 0) is 30.7 Å². The predicted octanol–water partition coefficient (Wildman–Crippen LogP) is 3.12. The van der Waals surface area contributed by atoms with Crippen LogP contribution in [0.1, 0.15) is 15.9 Å². The lowest BCUT2D eigenvalue weighted by Gasteiger charge is -2.12. The summed E-state index contributed by atoms with van der Waals surface area (Å²) in [5.74, 6) is -2.40. The van der Waals surface area contributed by atoms with Gasteiger partial charge in [-0.15, -0.1) is 0 Å². The number of nitrogen functional groups attached to an aromatic ring is 1. The van der Waals surface area contributed by atoms with Crippen LogP contribution in [0.15, 0.2) is 30.3 Å². The molecule has 0 aliphatic rings. The molecule has 0 heterocycles. The average molecular weight is 292 g/mol. The number of methoxy groups -OCH3 is 1. The van der Waals surface area contributed by atoms with Crippen LogP contribution < -0.4 is 15.8 Å². The SMILES string of the molecule is COc1cc(N)ccc1NC(=O)c1c(F)ccc(C)c1F. The summed E-state index contributed by atoms with van der Waals surface area (Å²) in [4.78, 5) is 12.1. The number of hydrogen-bond donors (Lipinski definition) is 2. The second kappa shape index (κ2) is 5.78. The molecule has 0 saturated carbocycles. The molecule has 0 aliphatic carbocycles. The van der Waals surface area contributed by atoms with Crippen molar-refractivity contribution < 1.29 is 18.3 Å². The maximum Gasteiger partial charge on any atom is 0.261 e. The largest absolute Gasteiger partial charge is 0.494 e. The number of carbonyl (C=O) groups excluding carboxylic acids is 1. The van der Waals surface area contributed by atoms with Gasteiger partial charge >= 0.3 is 0 Å². The Bertz CT molecular complexity index is 702. The molecule has 0 fully saturated rings. The molecule has 2 aromatic rings. The zero-order valence-electron chi connectivity index (χ0n) is 11.5. The summed E-state index contributed by atoms with van der Waals surface area (Å²) in [6, 6.07) is 6.86. The molecule has 0 saturated heterocycles. The highest BCUT2D eigenvalue weighted by atomic mass is 19.1. The number of ether oxygens (including phenoxy) is 1. The van der Waals surface area contributed by atoms with Gasteiger partial charge in [0.1, 0.15) is 22.9 Å². The Morgan fingerprint density at radius 2 is 1.95 bits per heavy atom. The second-order valence-electron chi connectivity index (χ2n) is 4.47. The van der Waals surface area contributed by atoms with Crippen LogP contribution >= 0.6 is 0 Å². The molecule has 0 aromatic heterocycles. The van der Waals surface area contributed by atoms with Crippen LogP contribution in [-0.4, -0.2) is 13.0 Å². The van der Waals surface area contributed by atoms with Crippen molar-refractivity contribution in [2.75, 3.05) is 18.2 Å². The first-order valence-electron chi connectivity index (χ1n) is 6.13. The lowest BCUT2D eigenvalue weighted by molar-refractivity contribution is 0.101. The fourth-order valence-corrected chi connectivity index (χ4v) is 1.86. The van der Waals surface area contributed by atoms with Crippen molar-refractivity contribution in [2.24, 2.45) is 0 Å². The molecular weight excluding hydrogens is 278 g/mol. The van der Waals surface area contributed by atoms with E-state index in [1.54, 1.807) is 6.07 Å². The molecule has 6 heteroatoms. The first-order chi connectivity index (χ1) is 9.93. The maximum absolute atomic E-state index is 13.9. The van der Waals surface area contributed by atoms with Gasteiger partial charge in [0, 0.05) is 11.8 Å². The van der Waals surface area contributed by atoms with Crippen LogP contribution in [0.3, 0.4) is 0 Å². The molecular formula is C15H14F2N2O2. The molecule has 2 aromatic carbocycles. The third kappa shape index (κ3) is 2.94. The summed E-state index contributed by atoms with van der Waals surface area (Å²) in [6.07, 6.45) is 0. The number of rotatable bonds is 3. The van der Waals surface area contributed by atoms with Crippen LogP contribution in [0.4, 0.5) is 20.2 Å². The number of halogens is 2. The highest BCUT2D eigenvalue weighted by Gasteiger charge is 2.20. The fourth-order valence-electron chi connectivity index (χ4n) is 1.86. The van der Waals surface area contributed by atoms with Crippen LogP contribution in [0.2, 0.25) is 0 Å². The van der Waals surface area contributed by atoms with Gasteiger partial charge in [-0.3, -0.25) is 4.79 Å². The van der Waals surface area contributed by atoms with Gasteiger partial charge in [0.05, 0.1) is 12.8 Å². The topological polar surface area (TPSA) is 64.3 Å². The lowest BCUT2D eigenvalue weighted by Crippen LogP contribution is -2.17. The minimum absolute atomic E-state index is 0.186. The van der Waals surface area contributed by atoms with E-state index in [0.29, 0.717) is 11.4 Å². The van der Waals surface area contributed by atoms with Gasteiger partial charge in [-0.1, -0.05) is 6.07 Å². The van der Waals surface area contributed by atoms with Gasteiger partial charge < -0.3 is 15.8 Å². The number of nitrogens with two attached hydrogens (primary N) is 1. The fraction of sp³-hybridized carbons (Fsp3) is 0.133. The predicted molar refractivity (Wildman–Crippen MR) is 76.5 cm³/mol. The molecule has 0 unspecified atom stereocenters. The number of anilines is 2. The first kappa shape index (κ1) is 14.8. The summed E-state index contributed by atoms with van der Waals surface area (Å²) in [7, 11) is 1.40. The summed E-state index contributed by atoms with van der Waals surface area (Å²) in [5.41, 5.74) is 5.87. The number of aryl methyl sites for hydroxylation is 1. The van der Waals surface area contributed by atoms with Crippen LogP contribution in [0.25, 0.3) is 0 Å². The lowest BCUT2D eigenvalue weighted by atomic mass is 10.1. The van der Waals surface area contributed by atoms with E-state index in [1.165, 1.54) is 32.2 Å². The molecule has 0 bridgehead atoms. The number of amides is 1. The Balaban J connectivity index is 2.37. The van der Waals surface area contributed by atoms with Gasteiger partial charge in [0.25, 0.3) is 5.91 Å². The molecule has 0 spiro atoms. The van der Waals surface area contributed by atoms with Crippen molar-refractivity contribution in [3.63, 3.8) is 0 Å². The number of carbonyl (C=O) groups is 1. The van der Waals surface area contributed by atoms with Crippen molar-refractivity contribution in [1.29, 1.82) is 0 Å². The van der Waals surface area contributed by atoms with Crippen molar-refractivity contribution in [3.05, 3.63) is 53.1 Å². The Morgan fingerprint density at radius 3 is 2.62 bits per heavy atom. The van der Waals surface area contributed by atoms with Crippen molar-refractivity contribution in [3.8, 4) is 5.75 Å². The third-order valence-electron chi connectivity index (χ3n) is 2.99. The average Bonchev–Trinajstić information content (AvgIpc) is 2.45. The number of nitrogens with one attached hydrogen (secondary N) is 1. The summed E-state index contributed by atoms with van der Waals surface area (Å²) < 4.78 is 32.7. The van der Waals surface area contributed by atoms with E-state index in [1.807, 2.05) is 0 Å². The Morgan fingerprint density at radius 1 is 1.24 bits per heavy atom. The Kier molecular flexibility index (Phi) is 4.07. The monoisotopic (exact) mass is 292 g/mol. The molecule has 0 radical (unpaired) electrons. The van der Waals surface area contributed by atoms with E-state index in [4.69, 9.17) is 10.5 Å². The molecule has 4 nitrogen and oxygen atoms in total. The molecule has 2 rings (SSSR count). The Hall–Kier alpha value is -2.63. The van der Waals surface area contributed by atoms with E-state index in [0.717, 1.165) is 6.07 Å². The molecule has 3 N–H and O–H groups in total. The van der Waals surface area contributed by atoms with Crippen LogP contribution in [0, 0.1) is 18.6 Å². The molecule has 110 valence electrons. The van der Waals surface area contributed by atoms with Gasteiger partial charge in [0.2, 0.25) is 0 Å². The van der Waals surface area contributed by atoms with E-state index < -0.39 is 23.1 Å². The van der Waals surface area contributed by atoms with Crippen molar-refractivity contribution in [2.45, 2.75) is 6.92 Å². The second-order valence-corrected chi connectivity index (χ2v) is 4.47. The van der Waals surface area contributed by atoms with Crippen LogP contribution in [0.5, 0.6) is 5.75 Å². The van der Waals surface area contributed by atoms with Crippen molar-refractivity contribution >= 4 is 17.3 Å². The highest BCUT2D eigenvalue weighted by molar-refractivity contribution is 6.05. The molecule has 0 aliphatic heterocycles. The highest BCUT2D eigenvalue weighted by Crippen LogP contribution is 2.27. The molecule has 0 atom stereocenters. The zero-order valence-corrected chi connectivity index (χ0v) is 11.5. The minimum atomic E-state index is -0.926. The van der Waals surface area contributed by atoms with Crippen LogP contribution in [-0.2, 0) is 0 Å². The standard InChI is InChI=1S/C15H14F2N2O2/c1-8-3-5-10(16)13(14(8)17)15(20)19-11-6-4-9(18)7-12(11)21-2/h3-7H,18H2,1-2H3,(H,19,20). The summed E-state index contributed by atoms with van der Waals surface area (Å²) in [6.45, 7) is 1.45. The quantitative estimate of drug-likeness (QED) is 0.854. The third-order valence-corrected chi connectivity index (χ3v) is 2.99. The number of benzene rings is 2. The van der Waals surface area contributed by atoms with Gasteiger partial charge in [-0.25, -0.2) is 8.78 Å². The number of hydrogen-bond acceptors (Lipinski definition) is 3. The zero-order chi connectivity index (χ0) is 15.6. The summed E-state index contributed by atoms with van der Waals surface area (Å²) >= 11 is 0. The van der Waals surface area contributed by atoms with Gasteiger partial charge in [0.15, 0.2) is 0 Å². The first-order valence-corrected chi connectivity index (χ1v) is 6.13. The van der Waals surface area contributed by atoms with E-state index >= 15 is 0 Å².